The molecule has 0 saturated carbocycles. The Kier molecular flexibility index (Phi) is 2.54. The second kappa shape index (κ2) is 3.44. The summed E-state index contributed by atoms with van der Waals surface area (Å²) in [6, 6.07) is 2.08. The molecule has 0 saturated heterocycles. The Morgan fingerprint density at radius 3 is 2.91 bits per heavy atom. The molecular formula is C5H6BrN5. The van der Waals surface area contributed by atoms with Crippen molar-refractivity contribution in [2.24, 2.45) is 7.05 Å². The summed E-state index contributed by atoms with van der Waals surface area (Å²) in [5.74, 6) is 0.319. The topological polar surface area (TPSA) is 67.4 Å². The highest BCUT2D eigenvalue weighted by Crippen LogP contribution is 2.11. The lowest BCUT2D eigenvalue weighted by molar-refractivity contribution is 0.670. The third kappa shape index (κ3) is 1.54. The van der Waals surface area contributed by atoms with Gasteiger partial charge in [0.05, 0.1) is 6.07 Å². The fraction of sp³-hybridized carbons (Fsp3) is 0.600. The van der Waals surface area contributed by atoms with E-state index in [9.17, 15) is 0 Å². The number of aromatic nitrogens is 4. The second-order valence-corrected chi connectivity index (χ2v) is 2.64. The van der Waals surface area contributed by atoms with Gasteiger partial charge in [0.15, 0.2) is 5.82 Å². The van der Waals surface area contributed by atoms with Gasteiger partial charge in [0.1, 0.15) is 5.92 Å². The van der Waals surface area contributed by atoms with Gasteiger partial charge in [0, 0.05) is 12.4 Å². The molecule has 0 bridgehead atoms. The standard InChI is InChI=1S/C5H6BrN5/c1-11-5(8-9-10-11)4(2-6)3-7/h4H,2H2,1H3. The summed E-state index contributed by atoms with van der Waals surface area (Å²) in [5, 5.41) is 19.9. The summed E-state index contributed by atoms with van der Waals surface area (Å²) >= 11 is 3.20. The van der Waals surface area contributed by atoms with Crippen molar-refractivity contribution in [3.8, 4) is 6.07 Å². The lowest BCUT2D eigenvalue weighted by atomic mass is 10.2. The predicted octanol–water partition coefficient (Wildman–Crippen LogP) is 0.212. The van der Waals surface area contributed by atoms with Gasteiger partial charge in [0.2, 0.25) is 0 Å². The predicted molar refractivity (Wildman–Crippen MR) is 40.9 cm³/mol. The molecule has 6 heteroatoms. The van der Waals surface area contributed by atoms with Gasteiger partial charge in [-0.1, -0.05) is 15.9 Å². The van der Waals surface area contributed by atoms with E-state index in [0.717, 1.165) is 0 Å². The summed E-state index contributed by atoms with van der Waals surface area (Å²) in [6.45, 7) is 0. The number of tetrazole rings is 1. The van der Waals surface area contributed by atoms with Gasteiger partial charge in [-0.25, -0.2) is 4.68 Å². The molecule has 0 aromatic carbocycles. The van der Waals surface area contributed by atoms with Crippen molar-refractivity contribution in [2.75, 3.05) is 5.33 Å². The number of nitriles is 1. The average molecular weight is 216 g/mol. The highest BCUT2D eigenvalue weighted by molar-refractivity contribution is 9.09. The van der Waals surface area contributed by atoms with E-state index in [1.165, 1.54) is 4.68 Å². The Hall–Kier alpha value is -0.960. The minimum Gasteiger partial charge on any atom is -0.231 e. The van der Waals surface area contributed by atoms with Crippen molar-refractivity contribution in [3.05, 3.63) is 5.82 Å². The SMILES string of the molecule is Cn1nnnc1C(C#N)CBr. The summed E-state index contributed by atoms with van der Waals surface area (Å²) in [6.07, 6.45) is 0. The van der Waals surface area contributed by atoms with E-state index >= 15 is 0 Å². The van der Waals surface area contributed by atoms with E-state index < -0.39 is 0 Å². The molecule has 5 nitrogen and oxygen atoms in total. The van der Waals surface area contributed by atoms with E-state index in [1.807, 2.05) is 0 Å². The van der Waals surface area contributed by atoms with Crippen LogP contribution in [0.15, 0.2) is 0 Å². The molecule has 1 rings (SSSR count). The van der Waals surface area contributed by atoms with E-state index in [1.54, 1.807) is 7.05 Å². The molecule has 1 unspecified atom stereocenters. The number of nitrogens with zero attached hydrogens (tertiary/aromatic N) is 5. The minimum atomic E-state index is -0.269. The van der Waals surface area contributed by atoms with Crippen molar-refractivity contribution in [1.82, 2.24) is 20.2 Å². The molecule has 1 aromatic rings. The van der Waals surface area contributed by atoms with Gasteiger partial charge in [0.25, 0.3) is 0 Å². The first-order valence-corrected chi connectivity index (χ1v) is 4.09. The van der Waals surface area contributed by atoms with Crippen LogP contribution < -0.4 is 0 Å². The van der Waals surface area contributed by atoms with Crippen LogP contribution in [-0.4, -0.2) is 25.5 Å². The number of hydrogen-bond acceptors (Lipinski definition) is 4. The van der Waals surface area contributed by atoms with E-state index in [4.69, 9.17) is 5.26 Å². The van der Waals surface area contributed by atoms with E-state index in [-0.39, 0.29) is 5.92 Å². The summed E-state index contributed by atoms with van der Waals surface area (Å²) in [5.41, 5.74) is 0. The molecule has 0 N–H and O–H groups in total. The molecule has 58 valence electrons. The molecule has 1 atom stereocenters. The zero-order valence-corrected chi connectivity index (χ0v) is 7.48. The van der Waals surface area contributed by atoms with Crippen LogP contribution in [0, 0.1) is 11.3 Å². The summed E-state index contributed by atoms with van der Waals surface area (Å²) < 4.78 is 1.50. The molecule has 1 heterocycles. The lowest BCUT2D eigenvalue weighted by Crippen LogP contribution is -2.06. The molecule has 1 aromatic heterocycles. The fourth-order valence-corrected chi connectivity index (χ4v) is 1.13. The van der Waals surface area contributed by atoms with Crippen LogP contribution in [0.4, 0.5) is 0 Å². The zero-order chi connectivity index (χ0) is 8.27. The van der Waals surface area contributed by atoms with Gasteiger partial charge in [-0.15, -0.1) is 5.10 Å². The average Bonchev–Trinajstić information content (AvgIpc) is 2.40. The molecule has 11 heavy (non-hydrogen) atoms. The molecule has 0 spiro atoms. The number of hydrogen-bond donors (Lipinski definition) is 0. The quantitative estimate of drug-likeness (QED) is 0.662. The Balaban J connectivity index is 2.92. The maximum atomic E-state index is 8.63. The molecule has 0 fully saturated rings. The Morgan fingerprint density at radius 2 is 2.55 bits per heavy atom. The zero-order valence-electron chi connectivity index (χ0n) is 5.90. The third-order valence-corrected chi connectivity index (χ3v) is 1.92. The van der Waals surface area contributed by atoms with Crippen molar-refractivity contribution >= 4 is 15.9 Å². The number of aryl methyl sites for hydroxylation is 1. The first-order chi connectivity index (χ1) is 5.29. The summed E-state index contributed by atoms with van der Waals surface area (Å²) in [7, 11) is 1.71. The molecular weight excluding hydrogens is 210 g/mol. The number of alkyl halides is 1. The van der Waals surface area contributed by atoms with Crippen LogP contribution in [0.3, 0.4) is 0 Å². The van der Waals surface area contributed by atoms with Gasteiger partial charge in [-0.05, 0) is 10.4 Å². The normalized spacial score (nSPS) is 12.5. The molecule has 0 aliphatic heterocycles. The monoisotopic (exact) mass is 215 g/mol. The Morgan fingerprint density at radius 1 is 1.82 bits per heavy atom. The van der Waals surface area contributed by atoms with Gasteiger partial charge in [-0.3, -0.25) is 0 Å². The highest BCUT2D eigenvalue weighted by atomic mass is 79.9. The van der Waals surface area contributed by atoms with Crippen LogP contribution in [0.2, 0.25) is 0 Å². The van der Waals surface area contributed by atoms with Crippen LogP contribution in [-0.2, 0) is 7.05 Å². The van der Waals surface area contributed by atoms with Crippen LogP contribution in [0.5, 0.6) is 0 Å². The fourth-order valence-electron chi connectivity index (χ4n) is 0.693. The third-order valence-electron chi connectivity index (χ3n) is 1.27. The lowest BCUT2D eigenvalue weighted by Gasteiger charge is -2.00. The van der Waals surface area contributed by atoms with Crippen LogP contribution in [0.25, 0.3) is 0 Å². The minimum absolute atomic E-state index is 0.269. The maximum Gasteiger partial charge on any atom is 0.169 e. The van der Waals surface area contributed by atoms with Gasteiger partial charge < -0.3 is 0 Å². The maximum absolute atomic E-state index is 8.63. The largest absolute Gasteiger partial charge is 0.231 e. The second-order valence-electron chi connectivity index (χ2n) is 2.00. The molecule has 0 aliphatic rings. The Labute approximate surface area is 72.1 Å². The Bertz CT molecular complexity index is 275. The van der Waals surface area contributed by atoms with Crippen molar-refractivity contribution in [3.63, 3.8) is 0 Å². The first kappa shape index (κ1) is 8.14. The summed E-state index contributed by atoms with van der Waals surface area (Å²) in [4.78, 5) is 0. The van der Waals surface area contributed by atoms with Crippen molar-refractivity contribution in [1.29, 1.82) is 5.26 Å². The highest BCUT2D eigenvalue weighted by Gasteiger charge is 2.14. The number of halogens is 1. The van der Waals surface area contributed by atoms with Crippen LogP contribution in [0.1, 0.15) is 11.7 Å². The van der Waals surface area contributed by atoms with Gasteiger partial charge >= 0.3 is 0 Å². The first-order valence-electron chi connectivity index (χ1n) is 2.97. The molecule has 0 aliphatic carbocycles. The van der Waals surface area contributed by atoms with E-state index in [2.05, 4.69) is 37.5 Å². The molecule has 0 radical (unpaired) electrons. The van der Waals surface area contributed by atoms with Crippen molar-refractivity contribution < 1.29 is 0 Å². The number of rotatable bonds is 2. The smallest absolute Gasteiger partial charge is 0.169 e. The van der Waals surface area contributed by atoms with Crippen LogP contribution >= 0.6 is 15.9 Å². The molecule has 0 amide bonds. The van der Waals surface area contributed by atoms with Gasteiger partial charge in [-0.2, -0.15) is 5.26 Å². The van der Waals surface area contributed by atoms with E-state index in [0.29, 0.717) is 11.2 Å². The van der Waals surface area contributed by atoms with Crippen molar-refractivity contribution in [2.45, 2.75) is 5.92 Å².